The standard InChI is InChI=1S/C18H14N4O6S2.2Na/c23-29(24,25)9-1-3-11-13(5-9)21-17-8-16-18(7-15(17)19-11)22-14-6-10(30(26,27)28)2-4-12(14)20-16;;/h1-8,11,16,20,22H,(H,23,24,25)(H,26,27,28);;/q;2*+1/p-2. The molecule has 1 aromatic carbocycles. The van der Waals surface area contributed by atoms with Gasteiger partial charge in [-0.05, 0) is 42.5 Å². The number of benzene rings is 1. The maximum atomic E-state index is 11.3. The Morgan fingerprint density at radius 2 is 1.72 bits per heavy atom. The van der Waals surface area contributed by atoms with Crippen molar-refractivity contribution in [2.75, 3.05) is 10.6 Å². The third-order valence-electron chi connectivity index (χ3n) is 4.94. The van der Waals surface area contributed by atoms with Crippen molar-refractivity contribution in [1.82, 2.24) is 0 Å². The predicted octanol–water partition coefficient (Wildman–Crippen LogP) is -5.15. The number of anilines is 2. The fourth-order valence-corrected chi connectivity index (χ4v) is 4.53. The molecule has 2 N–H and O–H groups in total. The van der Waals surface area contributed by atoms with Gasteiger partial charge in [-0.1, -0.05) is 6.08 Å². The van der Waals surface area contributed by atoms with Crippen LogP contribution in [0, 0.1) is 0 Å². The number of fused-ring (bicyclic) bond motifs is 4. The number of nitrogens with one attached hydrogen (secondary N) is 2. The molecule has 10 nitrogen and oxygen atoms in total. The Morgan fingerprint density at radius 1 is 0.969 bits per heavy atom. The van der Waals surface area contributed by atoms with E-state index in [2.05, 4.69) is 20.6 Å². The predicted molar refractivity (Wildman–Crippen MR) is 107 cm³/mol. The fraction of sp³-hybridized carbons (Fsp3) is 0.111. The molecule has 32 heavy (non-hydrogen) atoms. The smallest absolute Gasteiger partial charge is 0.744 e. The van der Waals surface area contributed by atoms with E-state index in [1.54, 1.807) is 12.2 Å². The summed E-state index contributed by atoms with van der Waals surface area (Å²) in [5.41, 5.74) is 3.14. The monoisotopic (exact) mass is 490 g/mol. The first-order valence-electron chi connectivity index (χ1n) is 8.67. The Labute approximate surface area is 228 Å². The number of hydrogen-bond donors (Lipinski definition) is 2. The third-order valence-corrected chi connectivity index (χ3v) is 6.60. The van der Waals surface area contributed by atoms with Crippen LogP contribution < -0.4 is 69.7 Å². The van der Waals surface area contributed by atoms with Crippen LogP contribution in [0.25, 0.3) is 0 Å². The maximum Gasteiger partial charge on any atom is 1.00 e. The number of rotatable bonds is 2. The second kappa shape index (κ2) is 8.95. The van der Waals surface area contributed by atoms with Crippen molar-refractivity contribution in [2.24, 2.45) is 9.98 Å². The maximum absolute atomic E-state index is 11.3. The first-order valence-corrected chi connectivity index (χ1v) is 11.5. The molecule has 0 aromatic heterocycles. The Balaban J connectivity index is 0.00000144. The molecule has 0 amide bonds. The van der Waals surface area contributed by atoms with Gasteiger partial charge in [0.15, 0.2) is 0 Å². The van der Waals surface area contributed by atoms with E-state index in [9.17, 15) is 25.9 Å². The first-order chi connectivity index (χ1) is 14.1. The summed E-state index contributed by atoms with van der Waals surface area (Å²) < 4.78 is 67.6. The zero-order chi connectivity index (χ0) is 21.3. The van der Waals surface area contributed by atoms with Crippen molar-refractivity contribution in [3.63, 3.8) is 0 Å². The van der Waals surface area contributed by atoms with Gasteiger partial charge >= 0.3 is 59.1 Å². The number of hydrogen-bond acceptors (Lipinski definition) is 10. The molecule has 2 aliphatic heterocycles. The fourth-order valence-electron chi connectivity index (χ4n) is 3.52. The summed E-state index contributed by atoms with van der Waals surface area (Å²) in [7, 11) is -9.18. The van der Waals surface area contributed by atoms with Gasteiger partial charge < -0.3 is 19.7 Å². The van der Waals surface area contributed by atoms with E-state index in [4.69, 9.17) is 0 Å². The van der Waals surface area contributed by atoms with Gasteiger partial charge in [-0.3, -0.25) is 4.99 Å². The molecule has 4 aliphatic rings. The third kappa shape index (κ3) is 4.75. The molecule has 1 aromatic rings. The molecule has 2 heterocycles. The van der Waals surface area contributed by atoms with Crippen LogP contribution in [0.15, 0.2) is 79.8 Å². The van der Waals surface area contributed by atoms with E-state index in [0.717, 1.165) is 0 Å². The summed E-state index contributed by atoms with van der Waals surface area (Å²) in [6, 6.07) is 3.14. The van der Waals surface area contributed by atoms with Gasteiger partial charge in [0.2, 0.25) is 0 Å². The van der Waals surface area contributed by atoms with E-state index in [1.807, 2.05) is 0 Å². The van der Waals surface area contributed by atoms with Crippen LogP contribution in [-0.2, 0) is 20.2 Å². The van der Waals surface area contributed by atoms with Crippen LogP contribution in [0.3, 0.4) is 0 Å². The summed E-state index contributed by atoms with van der Waals surface area (Å²) in [6.07, 6.45) is 7.45. The molecular formula is C18H12N4Na2O6S2. The number of nitrogens with zero attached hydrogens (tertiary/aromatic N) is 2. The van der Waals surface area contributed by atoms with Crippen LogP contribution in [0.2, 0.25) is 0 Å². The first kappa shape index (κ1) is 25.6. The van der Waals surface area contributed by atoms with E-state index >= 15 is 0 Å². The SMILES string of the molecule is O=S(=O)([O-])C1=CC2=NC3=CC4Nc5ccc(S(=O)(=O)[O-])cc5NC4=CC3=NC2C=C1.[Na+].[Na+]. The molecule has 0 saturated heterocycles. The van der Waals surface area contributed by atoms with Gasteiger partial charge in [-0.25, -0.2) is 21.8 Å². The van der Waals surface area contributed by atoms with E-state index < -0.39 is 26.3 Å². The average Bonchev–Trinajstić information content (AvgIpc) is 2.66. The molecular weight excluding hydrogens is 478 g/mol. The topological polar surface area (TPSA) is 163 Å². The van der Waals surface area contributed by atoms with Crippen LogP contribution in [0.1, 0.15) is 0 Å². The van der Waals surface area contributed by atoms with Gasteiger partial charge in [0, 0.05) is 5.70 Å². The average molecular weight is 490 g/mol. The molecule has 0 saturated carbocycles. The van der Waals surface area contributed by atoms with Gasteiger partial charge in [-0.15, -0.1) is 0 Å². The van der Waals surface area contributed by atoms with Crippen LogP contribution >= 0.6 is 0 Å². The summed E-state index contributed by atoms with van der Waals surface area (Å²) in [4.78, 5) is 8.31. The zero-order valence-corrected chi connectivity index (χ0v) is 22.6. The molecule has 5 rings (SSSR count). The van der Waals surface area contributed by atoms with Gasteiger partial charge in [-0.2, -0.15) is 0 Å². The van der Waals surface area contributed by atoms with Crippen LogP contribution in [0.4, 0.5) is 11.4 Å². The van der Waals surface area contributed by atoms with Crippen molar-refractivity contribution in [3.8, 4) is 0 Å². The minimum absolute atomic E-state index is 0. The van der Waals surface area contributed by atoms with E-state index in [0.29, 0.717) is 34.2 Å². The summed E-state index contributed by atoms with van der Waals surface area (Å²) in [5, 5.41) is 6.33. The minimum atomic E-state index is -4.60. The Morgan fingerprint density at radius 3 is 2.41 bits per heavy atom. The molecule has 2 unspecified atom stereocenters. The molecule has 0 radical (unpaired) electrons. The molecule has 0 bridgehead atoms. The van der Waals surface area contributed by atoms with Crippen LogP contribution in [0.5, 0.6) is 0 Å². The quantitative estimate of drug-likeness (QED) is 0.307. The van der Waals surface area contributed by atoms with E-state index in [-0.39, 0.29) is 75.0 Å². The second-order valence-electron chi connectivity index (χ2n) is 6.92. The summed E-state index contributed by atoms with van der Waals surface area (Å²) >= 11 is 0. The second-order valence-corrected chi connectivity index (χ2v) is 9.68. The van der Waals surface area contributed by atoms with E-state index in [1.165, 1.54) is 36.4 Å². The van der Waals surface area contributed by atoms with Gasteiger partial charge in [0.05, 0.1) is 44.3 Å². The Hall–Kier alpha value is -1.06. The molecule has 2 atom stereocenters. The van der Waals surface area contributed by atoms with Gasteiger partial charge in [0.25, 0.3) is 0 Å². The summed E-state index contributed by atoms with van der Waals surface area (Å²) in [5.74, 6) is 0. The van der Waals surface area contributed by atoms with Crippen LogP contribution in [-0.4, -0.2) is 49.4 Å². The largest absolute Gasteiger partial charge is 1.00 e. The van der Waals surface area contributed by atoms with Crippen molar-refractivity contribution in [3.05, 3.63) is 64.9 Å². The minimum Gasteiger partial charge on any atom is -0.744 e. The molecule has 0 spiro atoms. The zero-order valence-electron chi connectivity index (χ0n) is 16.9. The molecule has 2 aliphatic carbocycles. The van der Waals surface area contributed by atoms with Crippen molar-refractivity contribution < 1.29 is 85.1 Å². The molecule has 154 valence electrons. The number of aliphatic imine (C=N–C) groups is 2. The molecule has 0 fully saturated rings. The number of allylic oxidation sites excluding steroid dienone is 2. The molecule has 14 heteroatoms. The van der Waals surface area contributed by atoms with Crippen molar-refractivity contribution in [1.29, 1.82) is 0 Å². The van der Waals surface area contributed by atoms with Gasteiger partial charge in [0.1, 0.15) is 26.3 Å². The summed E-state index contributed by atoms with van der Waals surface area (Å²) in [6.45, 7) is 0. The van der Waals surface area contributed by atoms with Crippen molar-refractivity contribution >= 4 is 43.0 Å². The Kier molecular flexibility index (Phi) is 7.15. The normalized spacial score (nSPS) is 22.8. The van der Waals surface area contributed by atoms with Crippen molar-refractivity contribution in [2.45, 2.75) is 17.0 Å². The Bertz CT molecular complexity index is 1410.